The van der Waals surface area contributed by atoms with E-state index in [0.717, 1.165) is 0 Å². The third kappa shape index (κ3) is 2.12. The molecule has 19 heavy (non-hydrogen) atoms. The van der Waals surface area contributed by atoms with Crippen molar-refractivity contribution in [1.29, 1.82) is 0 Å². The minimum atomic E-state index is -5.77. The van der Waals surface area contributed by atoms with Crippen molar-refractivity contribution in [2.24, 2.45) is 5.84 Å². The van der Waals surface area contributed by atoms with E-state index in [2.05, 4.69) is 5.84 Å². The zero-order valence-corrected chi connectivity index (χ0v) is 8.48. The highest BCUT2D eigenvalue weighted by molar-refractivity contribution is 5.29. The van der Waals surface area contributed by atoms with Gasteiger partial charge < -0.3 is 0 Å². The van der Waals surface area contributed by atoms with E-state index in [1.807, 2.05) is 0 Å². The average Bonchev–Trinajstić information content (AvgIpc) is 2.33. The molecule has 3 N–H and O–H groups in total. The summed E-state index contributed by atoms with van der Waals surface area (Å²) >= 11 is 0. The topological polar surface area (TPSA) is 38.0 Å². The van der Waals surface area contributed by atoms with Crippen LogP contribution in [0.1, 0.15) is 5.56 Å². The van der Waals surface area contributed by atoms with Crippen molar-refractivity contribution in [1.82, 2.24) is 5.43 Å². The lowest BCUT2D eigenvalue weighted by molar-refractivity contribution is -0.236. The molecular weight excluding hydrogens is 295 g/mol. The molecule has 0 aliphatic heterocycles. The molecule has 108 valence electrons. The van der Waals surface area contributed by atoms with Gasteiger partial charge in [-0.2, -0.15) is 23.0 Å². The first-order valence-electron chi connectivity index (χ1n) is 4.24. The zero-order valence-electron chi connectivity index (χ0n) is 8.48. The molecule has 0 saturated carbocycles. The number of nitrogens with one attached hydrogen (secondary N) is 1. The molecule has 0 aromatic heterocycles. The predicted molar refractivity (Wildman–Crippen MR) is 42.4 cm³/mol. The van der Waals surface area contributed by atoms with E-state index in [-0.39, 0.29) is 5.43 Å². The Morgan fingerprint density at radius 2 is 1.00 bits per heavy atom. The normalized spacial score (nSPS) is 12.9. The summed E-state index contributed by atoms with van der Waals surface area (Å²) in [6.07, 6.45) is 0. The molecule has 0 radical (unpaired) electrons. The van der Waals surface area contributed by atoms with Crippen molar-refractivity contribution < 1.29 is 39.5 Å². The van der Waals surface area contributed by atoms with Crippen LogP contribution in [0.3, 0.4) is 0 Å². The Balaban J connectivity index is 3.70. The maximum atomic E-state index is 13.1. The summed E-state index contributed by atoms with van der Waals surface area (Å²) in [5.74, 6) is -16.2. The highest BCUT2D eigenvalue weighted by Crippen LogP contribution is 2.44. The summed E-state index contributed by atoms with van der Waals surface area (Å²) < 4.78 is 115. The molecule has 1 rings (SSSR count). The largest absolute Gasteiger partial charge is 0.381 e. The summed E-state index contributed by atoms with van der Waals surface area (Å²) in [6.45, 7) is 0. The number of halogens is 9. The standard InChI is InChI=1S/C8H3F9N2/c9-2-1(7(14,15)8(16,17)19-18)3(10)5(12)6(13)4(2)11/h19H,18H2. The summed E-state index contributed by atoms with van der Waals surface area (Å²) in [4.78, 5) is 0. The molecule has 1 aromatic carbocycles. The van der Waals surface area contributed by atoms with Crippen LogP contribution in [-0.2, 0) is 5.92 Å². The molecule has 1 aromatic rings. The van der Waals surface area contributed by atoms with Gasteiger partial charge in [0.2, 0.25) is 5.82 Å². The van der Waals surface area contributed by atoms with Crippen LogP contribution in [0.2, 0.25) is 0 Å². The fraction of sp³-hybridized carbons (Fsp3) is 0.250. The molecular formula is C8H3F9N2. The molecule has 0 saturated heterocycles. The second kappa shape index (κ2) is 4.56. The lowest BCUT2D eigenvalue weighted by Gasteiger charge is -2.26. The van der Waals surface area contributed by atoms with Crippen LogP contribution in [0.25, 0.3) is 0 Å². The lowest BCUT2D eigenvalue weighted by atomic mass is 10.0. The SMILES string of the molecule is NNC(F)(F)C(F)(F)c1c(F)c(F)c(F)c(F)c1F. The number of hydrazine groups is 1. The molecule has 0 spiro atoms. The first kappa shape index (κ1) is 15.6. The minimum absolute atomic E-state index is 0.233. The first-order chi connectivity index (χ1) is 8.49. The third-order valence-corrected chi connectivity index (χ3v) is 2.10. The number of hydrogen-bond donors (Lipinski definition) is 2. The Bertz CT molecular complexity index is 484. The highest BCUT2D eigenvalue weighted by atomic mass is 19.3. The van der Waals surface area contributed by atoms with Gasteiger partial charge in [-0.05, 0) is 0 Å². The Hall–Kier alpha value is -1.49. The van der Waals surface area contributed by atoms with Crippen molar-refractivity contribution >= 4 is 0 Å². The Morgan fingerprint density at radius 3 is 1.32 bits per heavy atom. The molecule has 0 aliphatic rings. The van der Waals surface area contributed by atoms with Gasteiger partial charge in [-0.15, -0.1) is 0 Å². The van der Waals surface area contributed by atoms with E-state index in [9.17, 15) is 39.5 Å². The van der Waals surface area contributed by atoms with Gasteiger partial charge in [-0.25, -0.2) is 22.0 Å². The van der Waals surface area contributed by atoms with Crippen molar-refractivity contribution in [2.45, 2.75) is 12.0 Å². The van der Waals surface area contributed by atoms with Crippen LogP contribution in [0, 0.1) is 29.1 Å². The van der Waals surface area contributed by atoms with Gasteiger partial charge in [0.25, 0.3) is 0 Å². The van der Waals surface area contributed by atoms with Gasteiger partial charge in [-0.3, -0.25) is 5.84 Å². The average molecular weight is 298 g/mol. The second-order valence-corrected chi connectivity index (χ2v) is 3.24. The number of alkyl halides is 4. The number of rotatable bonds is 3. The third-order valence-electron chi connectivity index (χ3n) is 2.10. The molecule has 2 nitrogen and oxygen atoms in total. The van der Waals surface area contributed by atoms with Crippen molar-refractivity contribution in [3.63, 3.8) is 0 Å². The van der Waals surface area contributed by atoms with E-state index < -0.39 is 46.6 Å². The fourth-order valence-corrected chi connectivity index (χ4v) is 1.13. The molecule has 0 aliphatic carbocycles. The van der Waals surface area contributed by atoms with Crippen molar-refractivity contribution in [3.05, 3.63) is 34.6 Å². The van der Waals surface area contributed by atoms with Crippen LogP contribution in [0.4, 0.5) is 39.5 Å². The molecule has 0 atom stereocenters. The second-order valence-electron chi connectivity index (χ2n) is 3.24. The fourth-order valence-electron chi connectivity index (χ4n) is 1.13. The zero-order chi connectivity index (χ0) is 15.2. The van der Waals surface area contributed by atoms with Crippen LogP contribution < -0.4 is 11.3 Å². The van der Waals surface area contributed by atoms with Gasteiger partial charge >= 0.3 is 12.0 Å². The summed E-state index contributed by atoms with van der Waals surface area (Å²) in [5.41, 5.74) is -2.75. The number of nitrogens with two attached hydrogens (primary N) is 1. The smallest absolute Gasteiger partial charge is 0.266 e. The summed E-state index contributed by atoms with van der Waals surface area (Å²) in [7, 11) is 0. The van der Waals surface area contributed by atoms with E-state index >= 15 is 0 Å². The van der Waals surface area contributed by atoms with Crippen LogP contribution in [0.15, 0.2) is 0 Å². The molecule has 0 heterocycles. The van der Waals surface area contributed by atoms with E-state index in [1.54, 1.807) is 0 Å². The Labute approximate surface area is 98.5 Å². The van der Waals surface area contributed by atoms with E-state index in [0.29, 0.717) is 0 Å². The minimum Gasteiger partial charge on any atom is -0.266 e. The quantitative estimate of drug-likeness (QED) is 0.225. The van der Waals surface area contributed by atoms with Gasteiger partial charge in [-0.1, -0.05) is 0 Å². The number of hydrogen-bond acceptors (Lipinski definition) is 2. The maximum absolute atomic E-state index is 13.1. The van der Waals surface area contributed by atoms with Crippen LogP contribution >= 0.6 is 0 Å². The molecule has 0 fully saturated rings. The van der Waals surface area contributed by atoms with Gasteiger partial charge in [0.05, 0.1) is 0 Å². The van der Waals surface area contributed by atoms with Gasteiger partial charge in [0, 0.05) is 0 Å². The monoisotopic (exact) mass is 298 g/mol. The Morgan fingerprint density at radius 1 is 0.684 bits per heavy atom. The molecule has 0 unspecified atom stereocenters. The molecule has 0 bridgehead atoms. The lowest BCUT2D eigenvalue weighted by Crippen LogP contribution is -2.54. The predicted octanol–water partition coefficient (Wildman–Crippen LogP) is 2.53. The van der Waals surface area contributed by atoms with E-state index in [1.165, 1.54) is 0 Å². The van der Waals surface area contributed by atoms with Crippen LogP contribution in [-0.4, -0.2) is 6.05 Å². The highest BCUT2D eigenvalue weighted by Gasteiger charge is 2.61. The Kier molecular flexibility index (Phi) is 3.74. The maximum Gasteiger partial charge on any atom is 0.381 e. The molecule has 11 heteroatoms. The summed E-state index contributed by atoms with van der Waals surface area (Å²) in [5, 5.41) is 0. The van der Waals surface area contributed by atoms with Crippen molar-refractivity contribution in [3.8, 4) is 0 Å². The first-order valence-corrected chi connectivity index (χ1v) is 4.24. The van der Waals surface area contributed by atoms with Gasteiger partial charge in [0.1, 0.15) is 5.56 Å². The van der Waals surface area contributed by atoms with Gasteiger partial charge in [0.15, 0.2) is 23.3 Å². The number of benzene rings is 1. The van der Waals surface area contributed by atoms with E-state index in [4.69, 9.17) is 0 Å². The molecule has 0 amide bonds. The van der Waals surface area contributed by atoms with Crippen LogP contribution in [0.5, 0.6) is 0 Å². The summed E-state index contributed by atoms with van der Waals surface area (Å²) in [6, 6.07) is -5.44. The van der Waals surface area contributed by atoms with Crippen molar-refractivity contribution in [2.75, 3.05) is 0 Å².